The Morgan fingerprint density at radius 3 is 2.91 bits per heavy atom. The highest BCUT2D eigenvalue weighted by Gasteiger charge is 1.98. The number of benzene rings is 1. The second-order valence-corrected chi connectivity index (χ2v) is 2.75. The van der Waals surface area contributed by atoms with Crippen LogP contribution in [-0.2, 0) is 0 Å². The van der Waals surface area contributed by atoms with Gasteiger partial charge in [0.15, 0.2) is 0 Å². The molecule has 1 heteroatoms. The van der Waals surface area contributed by atoms with Gasteiger partial charge in [-0.05, 0) is 24.6 Å². The van der Waals surface area contributed by atoms with Crippen molar-refractivity contribution >= 4 is 11.0 Å². The van der Waals surface area contributed by atoms with Crippen molar-refractivity contribution in [2.75, 3.05) is 0 Å². The van der Waals surface area contributed by atoms with Crippen LogP contribution in [0.3, 0.4) is 0 Å². The van der Waals surface area contributed by atoms with Gasteiger partial charge in [-0.2, -0.15) is 0 Å². The van der Waals surface area contributed by atoms with Crippen LogP contribution < -0.4 is 0 Å². The monoisotopic (exact) mass is 145 g/mol. The molecule has 2 rings (SSSR count). The van der Waals surface area contributed by atoms with Crippen molar-refractivity contribution in [2.24, 2.45) is 0 Å². The number of rotatable bonds is 0. The van der Waals surface area contributed by atoms with Crippen LogP contribution in [0.4, 0.5) is 0 Å². The molecule has 1 aromatic carbocycles. The smallest absolute Gasteiger partial charge is 0.134 e. The minimum absolute atomic E-state index is 0.727. The van der Waals surface area contributed by atoms with Crippen molar-refractivity contribution in [1.29, 1.82) is 0 Å². The summed E-state index contributed by atoms with van der Waals surface area (Å²) >= 11 is 0. The summed E-state index contributed by atoms with van der Waals surface area (Å²) in [6.07, 6.45) is 0. The van der Waals surface area contributed by atoms with E-state index < -0.39 is 0 Å². The van der Waals surface area contributed by atoms with E-state index in [2.05, 4.69) is 13.0 Å². The molecule has 0 atom stereocenters. The maximum atomic E-state index is 5.34. The highest BCUT2D eigenvalue weighted by Crippen LogP contribution is 2.19. The van der Waals surface area contributed by atoms with Crippen LogP contribution in [0.15, 0.2) is 28.7 Å². The summed E-state index contributed by atoms with van der Waals surface area (Å²) in [4.78, 5) is 0. The van der Waals surface area contributed by atoms with E-state index in [-0.39, 0.29) is 0 Å². The third kappa shape index (κ3) is 1.03. The van der Waals surface area contributed by atoms with Crippen LogP contribution >= 0.6 is 0 Å². The highest BCUT2D eigenvalue weighted by atomic mass is 16.3. The first-order valence-electron chi connectivity index (χ1n) is 3.58. The van der Waals surface area contributed by atoms with Gasteiger partial charge in [0, 0.05) is 12.3 Å². The van der Waals surface area contributed by atoms with Crippen molar-refractivity contribution in [3.05, 3.63) is 42.5 Å². The molecule has 1 nitrogen and oxygen atoms in total. The number of hydrogen-bond donors (Lipinski definition) is 0. The second kappa shape index (κ2) is 2.12. The standard InChI is InChI=1S/C10H9O/c1-7-3-4-9-6-8(2)11-10(9)5-7/h3-6H,2H2,1H3. The molecule has 0 saturated heterocycles. The minimum Gasteiger partial charge on any atom is -0.461 e. The Morgan fingerprint density at radius 1 is 1.27 bits per heavy atom. The quantitative estimate of drug-likeness (QED) is 0.555. The fraction of sp³-hybridized carbons (Fsp3) is 0.100. The number of hydrogen-bond acceptors (Lipinski definition) is 1. The topological polar surface area (TPSA) is 13.1 Å². The van der Waals surface area contributed by atoms with Crippen molar-refractivity contribution < 1.29 is 4.42 Å². The van der Waals surface area contributed by atoms with E-state index in [0.29, 0.717) is 0 Å². The first-order valence-corrected chi connectivity index (χ1v) is 3.58. The van der Waals surface area contributed by atoms with Gasteiger partial charge in [-0.25, -0.2) is 0 Å². The fourth-order valence-corrected chi connectivity index (χ4v) is 1.19. The van der Waals surface area contributed by atoms with Gasteiger partial charge in [0.1, 0.15) is 11.3 Å². The van der Waals surface area contributed by atoms with Gasteiger partial charge in [0.2, 0.25) is 0 Å². The van der Waals surface area contributed by atoms with Crippen LogP contribution in [0.1, 0.15) is 11.3 Å². The molecule has 1 aromatic heterocycles. The molecule has 1 heterocycles. The van der Waals surface area contributed by atoms with Crippen LogP contribution in [-0.4, -0.2) is 0 Å². The molecular weight excluding hydrogens is 136 g/mol. The Hall–Kier alpha value is -1.24. The normalized spacial score (nSPS) is 10.7. The average Bonchev–Trinajstić information content (AvgIpc) is 2.27. The molecule has 0 fully saturated rings. The Bertz CT molecular complexity index is 385. The zero-order chi connectivity index (χ0) is 7.84. The maximum absolute atomic E-state index is 5.34. The van der Waals surface area contributed by atoms with E-state index in [1.165, 1.54) is 5.56 Å². The number of fused-ring (bicyclic) bond motifs is 1. The first-order chi connectivity index (χ1) is 5.25. The Balaban J connectivity index is 2.82. The maximum Gasteiger partial charge on any atom is 0.134 e. The largest absolute Gasteiger partial charge is 0.461 e. The predicted molar refractivity (Wildman–Crippen MR) is 45.4 cm³/mol. The van der Waals surface area contributed by atoms with E-state index in [0.717, 1.165) is 16.7 Å². The molecule has 0 spiro atoms. The predicted octanol–water partition coefficient (Wildman–Crippen LogP) is 2.92. The molecule has 11 heavy (non-hydrogen) atoms. The van der Waals surface area contributed by atoms with Crippen LogP contribution in [0.25, 0.3) is 11.0 Å². The summed E-state index contributed by atoms with van der Waals surface area (Å²) in [6.45, 7) is 5.77. The Kier molecular flexibility index (Phi) is 1.25. The second-order valence-electron chi connectivity index (χ2n) is 2.75. The molecule has 0 aliphatic rings. The van der Waals surface area contributed by atoms with Crippen molar-refractivity contribution in [2.45, 2.75) is 6.92 Å². The van der Waals surface area contributed by atoms with Gasteiger partial charge in [0.25, 0.3) is 0 Å². The Morgan fingerprint density at radius 2 is 2.09 bits per heavy atom. The summed E-state index contributed by atoms with van der Waals surface area (Å²) < 4.78 is 5.34. The van der Waals surface area contributed by atoms with E-state index in [1.807, 2.05) is 25.1 Å². The van der Waals surface area contributed by atoms with Crippen LogP contribution in [0, 0.1) is 13.8 Å². The lowest BCUT2D eigenvalue weighted by Gasteiger charge is -1.89. The molecule has 2 aromatic rings. The van der Waals surface area contributed by atoms with E-state index in [4.69, 9.17) is 4.42 Å². The summed E-state index contributed by atoms with van der Waals surface area (Å²) in [5.41, 5.74) is 2.14. The molecule has 0 aliphatic heterocycles. The van der Waals surface area contributed by atoms with E-state index >= 15 is 0 Å². The fourth-order valence-electron chi connectivity index (χ4n) is 1.19. The highest BCUT2D eigenvalue weighted by molar-refractivity contribution is 5.78. The van der Waals surface area contributed by atoms with Crippen molar-refractivity contribution in [3.8, 4) is 0 Å². The SMILES string of the molecule is [CH2]c1cc2ccc(C)cc2o1. The van der Waals surface area contributed by atoms with Crippen LogP contribution in [0.2, 0.25) is 0 Å². The molecule has 0 N–H and O–H groups in total. The van der Waals surface area contributed by atoms with Crippen molar-refractivity contribution in [1.82, 2.24) is 0 Å². The van der Waals surface area contributed by atoms with Gasteiger partial charge >= 0.3 is 0 Å². The van der Waals surface area contributed by atoms with Gasteiger partial charge in [0.05, 0.1) is 0 Å². The van der Waals surface area contributed by atoms with Gasteiger partial charge < -0.3 is 4.42 Å². The molecule has 0 unspecified atom stereocenters. The Labute approximate surface area is 65.6 Å². The molecule has 0 amide bonds. The molecule has 0 aliphatic carbocycles. The molecule has 55 valence electrons. The number of furan rings is 1. The molecular formula is C10H9O. The number of aryl methyl sites for hydroxylation is 1. The lowest BCUT2D eigenvalue weighted by atomic mass is 10.2. The van der Waals surface area contributed by atoms with Gasteiger partial charge in [-0.3, -0.25) is 0 Å². The minimum atomic E-state index is 0.727. The van der Waals surface area contributed by atoms with Gasteiger partial charge in [-0.1, -0.05) is 12.1 Å². The average molecular weight is 145 g/mol. The third-order valence-corrected chi connectivity index (χ3v) is 1.73. The molecule has 1 radical (unpaired) electrons. The molecule has 0 saturated carbocycles. The van der Waals surface area contributed by atoms with E-state index in [9.17, 15) is 0 Å². The molecule has 0 bridgehead atoms. The lowest BCUT2D eigenvalue weighted by molar-refractivity contribution is 0.595. The zero-order valence-corrected chi connectivity index (χ0v) is 6.42. The summed E-state index contributed by atoms with van der Waals surface area (Å²) in [6, 6.07) is 8.07. The van der Waals surface area contributed by atoms with E-state index in [1.54, 1.807) is 0 Å². The summed E-state index contributed by atoms with van der Waals surface area (Å²) in [7, 11) is 0. The summed E-state index contributed by atoms with van der Waals surface area (Å²) in [5.74, 6) is 0.727. The van der Waals surface area contributed by atoms with Crippen LogP contribution in [0.5, 0.6) is 0 Å². The first kappa shape index (κ1) is 6.47. The zero-order valence-electron chi connectivity index (χ0n) is 6.42. The van der Waals surface area contributed by atoms with Crippen molar-refractivity contribution in [3.63, 3.8) is 0 Å². The third-order valence-electron chi connectivity index (χ3n) is 1.73. The van der Waals surface area contributed by atoms with Gasteiger partial charge in [-0.15, -0.1) is 0 Å². The summed E-state index contributed by atoms with van der Waals surface area (Å²) in [5, 5.41) is 1.13. The lowest BCUT2D eigenvalue weighted by Crippen LogP contribution is -1.67.